The third kappa shape index (κ3) is 5.32. The molecule has 1 heterocycles. The van der Waals surface area contributed by atoms with Gasteiger partial charge in [0.05, 0.1) is 17.8 Å². The first-order valence-corrected chi connectivity index (χ1v) is 9.98. The summed E-state index contributed by atoms with van der Waals surface area (Å²) >= 11 is 3.30. The van der Waals surface area contributed by atoms with Crippen molar-refractivity contribution in [1.29, 1.82) is 0 Å². The molecule has 0 fully saturated rings. The summed E-state index contributed by atoms with van der Waals surface area (Å²) in [4.78, 5) is 23.3. The smallest absolute Gasteiger partial charge is 0.258 e. The molecule has 0 unspecified atom stereocenters. The highest BCUT2D eigenvalue weighted by Crippen LogP contribution is 2.21. The van der Waals surface area contributed by atoms with Crippen LogP contribution in [-0.2, 0) is 17.9 Å². The number of carbonyl (C=O) groups excluding carboxylic acids is 2. The van der Waals surface area contributed by atoms with Gasteiger partial charge in [-0.15, -0.1) is 0 Å². The fourth-order valence-electron chi connectivity index (χ4n) is 3.02. The van der Waals surface area contributed by atoms with Gasteiger partial charge in [-0.25, -0.2) is 0 Å². The Kier molecular flexibility index (Phi) is 6.82. The van der Waals surface area contributed by atoms with Crippen molar-refractivity contribution in [3.8, 4) is 5.75 Å². The first kappa shape index (κ1) is 20.8. The van der Waals surface area contributed by atoms with E-state index in [2.05, 4.69) is 38.5 Å². The van der Waals surface area contributed by atoms with Gasteiger partial charge < -0.3 is 10.1 Å². The third-order valence-electron chi connectivity index (χ3n) is 4.63. The Hall–Kier alpha value is -2.93. The number of carbonyl (C=O) groups is 2. The molecule has 0 radical (unpaired) electrons. The number of ether oxygens (including phenoxy) is 1. The van der Waals surface area contributed by atoms with Crippen LogP contribution in [0.4, 0.5) is 0 Å². The Morgan fingerprint density at radius 1 is 1.21 bits per heavy atom. The Balaban J connectivity index is 1.58. The molecule has 7 heteroatoms. The quantitative estimate of drug-likeness (QED) is 0.524. The summed E-state index contributed by atoms with van der Waals surface area (Å²) < 4.78 is 8.21. The normalized spacial score (nSPS) is 10.6. The largest absolute Gasteiger partial charge is 0.483 e. The molecule has 3 aromatic rings. The fourth-order valence-corrected chi connectivity index (χ4v) is 3.40. The van der Waals surface area contributed by atoms with Crippen LogP contribution in [0.1, 0.15) is 32.9 Å². The highest BCUT2D eigenvalue weighted by atomic mass is 79.9. The number of halogens is 1. The molecule has 6 nitrogen and oxygen atoms in total. The molecule has 0 atom stereocenters. The van der Waals surface area contributed by atoms with Gasteiger partial charge in [-0.1, -0.05) is 46.3 Å². The van der Waals surface area contributed by atoms with E-state index in [0.717, 1.165) is 21.4 Å². The molecule has 29 heavy (non-hydrogen) atoms. The van der Waals surface area contributed by atoms with Gasteiger partial charge in [0.2, 0.25) is 0 Å². The third-order valence-corrected chi connectivity index (χ3v) is 5.12. The van der Waals surface area contributed by atoms with E-state index in [1.165, 1.54) is 5.56 Å². The van der Waals surface area contributed by atoms with Crippen LogP contribution in [0.3, 0.4) is 0 Å². The van der Waals surface area contributed by atoms with Crippen molar-refractivity contribution in [2.75, 3.05) is 6.61 Å². The number of nitrogens with zero attached hydrogens (tertiary/aromatic N) is 2. The van der Waals surface area contributed by atoms with Crippen molar-refractivity contribution >= 4 is 28.1 Å². The predicted octanol–water partition coefficient (Wildman–Crippen LogP) is 3.82. The van der Waals surface area contributed by atoms with Crippen molar-refractivity contribution < 1.29 is 14.3 Å². The van der Waals surface area contributed by atoms with Crippen molar-refractivity contribution in [1.82, 2.24) is 15.1 Å². The number of benzene rings is 2. The van der Waals surface area contributed by atoms with Crippen LogP contribution >= 0.6 is 15.9 Å². The molecule has 2 aromatic carbocycles. The standard InChI is InChI=1S/C22H22BrN3O3/c1-15-20(16(2)26(25-15)12-17-6-4-3-5-7-17)11-24-22(28)14-29-21-9-8-19(23)10-18(21)13-27/h3-10,13H,11-12,14H2,1-2H3,(H,24,28). The number of rotatable bonds is 8. The molecule has 0 aliphatic carbocycles. The molecule has 3 rings (SSSR count). The molecular formula is C22H22BrN3O3. The summed E-state index contributed by atoms with van der Waals surface area (Å²) in [5.74, 6) is 0.112. The highest BCUT2D eigenvalue weighted by Gasteiger charge is 2.13. The van der Waals surface area contributed by atoms with Gasteiger partial charge in [-0.2, -0.15) is 5.10 Å². The summed E-state index contributed by atoms with van der Waals surface area (Å²) in [5, 5.41) is 7.46. The Morgan fingerprint density at radius 2 is 1.97 bits per heavy atom. The lowest BCUT2D eigenvalue weighted by atomic mass is 10.2. The van der Waals surface area contributed by atoms with E-state index in [1.54, 1.807) is 18.2 Å². The van der Waals surface area contributed by atoms with Gasteiger partial charge in [0.15, 0.2) is 12.9 Å². The molecular weight excluding hydrogens is 434 g/mol. The second-order valence-corrected chi connectivity index (χ2v) is 7.57. The molecule has 0 aliphatic heterocycles. The molecule has 0 bridgehead atoms. The van der Waals surface area contributed by atoms with Crippen LogP contribution < -0.4 is 10.1 Å². The number of hydrogen-bond acceptors (Lipinski definition) is 4. The van der Waals surface area contributed by atoms with Crippen LogP contribution in [0, 0.1) is 13.8 Å². The van der Waals surface area contributed by atoms with Crippen molar-refractivity contribution in [3.05, 3.63) is 81.1 Å². The highest BCUT2D eigenvalue weighted by molar-refractivity contribution is 9.10. The number of hydrogen-bond donors (Lipinski definition) is 1. The topological polar surface area (TPSA) is 73.2 Å². The summed E-state index contributed by atoms with van der Waals surface area (Å²) in [6.45, 7) is 4.82. The summed E-state index contributed by atoms with van der Waals surface area (Å²) in [6.07, 6.45) is 0.700. The molecule has 0 saturated carbocycles. The maximum atomic E-state index is 12.2. The zero-order valence-corrected chi connectivity index (χ0v) is 17.9. The lowest BCUT2D eigenvalue weighted by Crippen LogP contribution is -2.29. The second-order valence-electron chi connectivity index (χ2n) is 6.66. The first-order valence-electron chi connectivity index (χ1n) is 9.19. The summed E-state index contributed by atoms with van der Waals surface area (Å²) in [5.41, 5.74) is 4.45. The van der Waals surface area contributed by atoms with E-state index >= 15 is 0 Å². The number of aryl methyl sites for hydroxylation is 1. The lowest BCUT2D eigenvalue weighted by molar-refractivity contribution is -0.123. The van der Waals surface area contributed by atoms with Crippen LogP contribution in [0.25, 0.3) is 0 Å². The van der Waals surface area contributed by atoms with E-state index in [9.17, 15) is 9.59 Å². The van der Waals surface area contributed by atoms with Crippen LogP contribution in [0.5, 0.6) is 5.75 Å². The summed E-state index contributed by atoms with van der Waals surface area (Å²) in [7, 11) is 0. The van der Waals surface area contributed by atoms with E-state index in [-0.39, 0.29) is 12.5 Å². The molecule has 1 aromatic heterocycles. The maximum absolute atomic E-state index is 12.2. The molecule has 0 aliphatic rings. The minimum atomic E-state index is -0.264. The molecule has 150 valence electrons. The predicted molar refractivity (Wildman–Crippen MR) is 114 cm³/mol. The van der Waals surface area contributed by atoms with Gasteiger partial charge in [-0.05, 0) is 37.6 Å². The zero-order valence-electron chi connectivity index (χ0n) is 16.3. The van der Waals surface area contributed by atoms with Crippen LogP contribution in [0.15, 0.2) is 53.0 Å². The number of amides is 1. The summed E-state index contributed by atoms with van der Waals surface area (Å²) in [6, 6.07) is 15.2. The average Bonchev–Trinajstić information content (AvgIpc) is 2.98. The second kappa shape index (κ2) is 9.52. The van der Waals surface area contributed by atoms with Crippen molar-refractivity contribution in [2.45, 2.75) is 26.9 Å². The number of aromatic nitrogens is 2. The van der Waals surface area contributed by atoms with Crippen LogP contribution in [-0.4, -0.2) is 28.6 Å². The average molecular weight is 456 g/mol. The zero-order chi connectivity index (χ0) is 20.8. The molecule has 0 saturated heterocycles. The Morgan fingerprint density at radius 3 is 2.69 bits per heavy atom. The molecule has 0 spiro atoms. The minimum Gasteiger partial charge on any atom is -0.483 e. The van der Waals surface area contributed by atoms with E-state index in [0.29, 0.717) is 30.7 Å². The van der Waals surface area contributed by atoms with E-state index < -0.39 is 0 Å². The van der Waals surface area contributed by atoms with Crippen molar-refractivity contribution in [3.63, 3.8) is 0 Å². The van der Waals surface area contributed by atoms with Gasteiger partial charge in [0.25, 0.3) is 5.91 Å². The maximum Gasteiger partial charge on any atom is 0.258 e. The van der Waals surface area contributed by atoms with E-state index in [1.807, 2.05) is 36.7 Å². The Bertz CT molecular complexity index is 1020. The first-order chi connectivity index (χ1) is 14.0. The van der Waals surface area contributed by atoms with E-state index in [4.69, 9.17) is 4.74 Å². The van der Waals surface area contributed by atoms with Gasteiger partial charge >= 0.3 is 0 Å². The number of aldehydes is 1. The minimum absolute atomic E-state index is 0.168. The lowest BCUT2D eigenvalue weighted by Gasteiger charge is -2.10. The number of nitrogens with one attached hydrogen (secondary N) is 1. The monoisotopic (exact) mass is 455 g/mol. The van der Waals surface area contributed by atoms with Crippen LogP contribution in [0.2, 0.25) is 0 Å². The SMILES string of the molecule is Cc1nn(Cc2ccccc2)c(C)c1CNC(=O)COc1ccc(Br)cc1C=O. The van der Waals surface area contributed by atoms with Crippen molar-refractivity contribution in [2.24, 2.45) is 0 Å². The Labute approximate surface area is 178 Å². The molecule has 1 N–H and O–H groups in total. The van der Waals surface area contributed by atoms with Gasteiger partial charge in [-0.3, -0.25) is 14.3 Å². The van der Waals surface area contributed by atoms with Gasteiger partial charge in [0, 0.05) is 22.3 Å². The van der Waals surface area contributed by atoms with Gasteiger partial charge in [0.1, 0.15) is 5.75 Å². The fraction of sp³-hybridized carbons (Fsp3) is 0.227. The molecule has 1 amide bonds.